The van der Waals surface area contributed by atoms with Crippen LogP contribution in [-0.4, -0.2) is 13.9 Å². The van der Waals surface area contributed by atoms with E-state index in [1.807, 2.05) is 0 Å². The second-order valence-corrected chi connectivity index (χ2v) is 16.8. The molecule has 2 heteroatoms. The fraction of sp³-hybridized carbons (Fsp3) is 0.720. The summed E-state index contributed by atoms with van der Waals surface area (Å²) in [5.41, 5.74) is 3.52. The van der Waals surface area contributed by atoms with Crippen LogP contribution in [0.3, 0.4) is 0 Å². The van der Waals surface area contributed by atoms with E-state index in [-0.39, 0.29) is 11.3 Å². The number of fused-ring (bicyclic) bond motifs is 2. The Bertz CT molecular complexity index is 655. The maximum absolute atomic E-state index is 13.5. The molecule has 0 radical (unpaired) electrons. The van der Waals surface area contributed by atoms with Gasteiger partial charge in [0.05, 0.1) is 8.07 Å². The summed E-state index contributed by atoms with van der Waals surface area (Å²) in [5, 5.41) is 0. The standard InChI is InChI=1S/C25H40OSi/c1-16(2)27(17(3)4,18(5)6)15-21-14-22-19(7)23(25(21,8)24(22)26)20-12-10-9-11-13-20/h9-13,16-19,21-23H,14-15H2,1-8H3/t19-,21-,22+,23-,25-/m0/s1. The van der Waals surface area contributed by atoms with Gasteiger partial charge in [0.15, 0.2) is 0 Å². The van der Waals surface area contributed by atoms with Gasteiger partial charge in [0, 0.05) is 11.3 Å². The minimum absolute atomic E-state index is 0.164. The van der Waals surface area contributed by atoms with E-state index in [0.29, 0.717) is 23.5 Å². The highest BCUT2D eigenvalue weighted by atomic mass is 28.3. The van der Waals surface area contributed by atoms with Crippen LogP contribution in [-0.2, 0) is 4.79 Å². The molecule has 150 valence electrons. The van der Waals surface area contributed by atoms with Crippen molar-refractivity contribution in [1.29, 1.82) is 0 Å². The molecule has 0 spiro atoms. The summed E-state index contributed by atoms with van der Waals surface area (Å²) >= 11 is 0. The summed E-state index contributed by atoms with van der Waals surface area (Å²) in [6.45, 7) is 19.4. The van der Waals surface area contributed by atoms with Gasteiger partial charge in [-0.3, -0.25) is 4.79 Å². The van der Waals surface area contributed by atoms with Gasteiger partial charge >= 0.3 is 0 Å². The average Bonchev–Trinajstić information content (AvgIpc) is 2.94. The number of carbonyl (C=O) groups excluding carboxylic acids is 1. The van der Waals surface area contributed by atoms with Crippen molar-refractivity contribution in [2.75, 3.05) is 0 Å². The van der Waals surface area contributed by atoms with Gasteiger partial charge in [-0.2, -0.15) is 0 Å². The zero-order valence-corrected chi connectivity index (χ0v) is 19.8. The molecule has 0 aliphatic heterocycles. The highest BCUT2D eigenvalue weighted by Crippen LogP contribution is 2.67. The van der Waals surface area contributed by atoms with Gasteiger partial charge in [-0.1, -0.05) is 108 Å². The first-order valence-electron chi connectivity index (χ1n) is 11.2. The van der Waals surface area contributed by atoms with Crippen LogP contribution < -0.4 is 0 Å². The maximum Gasteiger partial charge on any atom is 0.143 e. The van der Waals surface area contributed by atoms with Crippen LogP contribution >= 0.6 is 0 Å². The molecule has 5 atom stereocenters. The number of benzene rings is 1. The number of Topliss-reactive ketones (excluding diaryl/α,β-unsaturated/α-hetero) is 1. The molecule has 0 amide bonds. The molecule has 27 heavy (non-hydrogen) atoms. The van der Waals surface area contributed by atoms with Crippen molar-refractivity contribution < 1.29 is 4.79 Å². The van der Waals surface area contributed by atoms with E-state index in [0.717, 1.165) is 23.0 Å². The number of hydrogen-bond donors (Lipinski definition) is 0. The van der Waals surface area contributed by atoms with Gasteiger partial charge < -0.3 is 0 Å². The summed E-state index contributed by atoms with van der Waals surface area (Å²) in [5.74, 6) is 2.30. The van der Waals surface area contributed by atoms with E-state index >= 15 is 0 Å². The molecule has 1 aromatic rings. The Kier molecular flexibility index (Phi) is 5.53. The minimum Gasteiger partial charge on any atom is -0.299 e. The van der Waals surface area contributed by atoms with Gasteiger partial charge in [-0.05, 0) is 29.7 Å². The fourth-order valence-electron chi connectivity index (χ4n) is 7.64. The van der Waals surface area contributed by atoms with Crippen molar-refractivity contribution in [1.82, 2.24) is 0 Å². The van der Waals surface area contributed by atoms with Gasteiger partial charge in [0.25, 0.3) is 0 Å². The van der Waals surface area contributed by atoms with E-state index in [9.17, 15) is 4.79 Å². The van der Waals surface area contributed by atoms with Crippen LogP contribution in [0.5, 0.6) is 0 Å². The van der Waals surface area contributed by atoms with Crippen LogP contribution in [0.25, 0.3) is 0 Å². The van der Waals surface area contributed by atoms with Crippen molar-refractivity contribution in [3.63, 3.8) is 0 Å². The summed E-state index contributed by atoms with van der Waals surface area (Å²) < 4.78 is 0. The van der Waals surface area contributed by atoms with Crippen LogP contribution in [0.1, 0.15) is 73.3 Å². The lowest BCUT2D eigenvalue weighted by Gasteiger charge is -2.49. The zero-order chi connectivity index (χ0) is 20.1. The molecule has 0 saturated heterocycles. The first-order chi connectivity index (χ1) is 12.6. The molecule has 2 aliphatic rings. The van der Waals surface area contributed by atoms with E-state index in [1.54, 1.807) is 0 Å². The lowest BCUT2D eigenvalue weighted by Crippen LogP contribution is -2.49. The van der Waals surface area contributed by atoms with Crippen LogP contribution in [0.15, 0.2) is 30.3 Å². The molecule has 0 aromatic heterocycles. The number of ketones is 1. The molecular weight excluding hydrogens is 344 g/mol. The third-order valence-electron chi connectivity index (χ3n) is 9.04. The summed E-state index contributed by atoms with van der Waals surface area (Å²) in [4.78, 5) is 13.5. The Hall–Kier alpha value is -0.893. The van der Waals surface area contributed by atoms with E-state index in [1.165, 1.54) is 11.6 Å². The average molecular weight is 385 g/mol. The molecule has 1 nitrogen and oxygen atoms in total. The van der Waals surface area contributed by atoms with Crippen LogP contribution in [0, 0.1) is 23.2 Å². The van der Waals surface area contributed by atoms with Crippen molar-refractivity contribution in [3.8, 4) is 0 Å². The quantitative estimate of drug-likeness (QED) is 0.470. The second kappa shape index (κ2) is 7.17. The Morgan fingerprint density at radius 1 is 1.00 bits per heavy atom. The van der Waals surface area contributed by atoms with E-state index in [2.05, 4.69) is 85.7 Å². The molecule has 0 heterocycles. The van der Waals surface area contributed by atoms with Crippen molar-refractivity contribution >= 4 is 13.9 Å². The molecule has 3 rings (SSSR count). The lowest BCUT2D eigenvalue weighted by molar-refractivity contribution is -0.126. The largest absolute Gasteiger partial charge is 0.299 e. The van der Waals surface area contributed by atoms with Crippen molar-refractivity contribution in [2.45, 2.75) is 90.4 Å². The predicted molar refractivity (Wildman–Crippen MR) is 119 cm³/mol. The van der Waals surface area contributed by atoms with Gasteiger partial charge in [-0.15, -0.1) is 0 Å². The maximum atomic E-state index is 13.5. The second-order valence-electron chi connectivity index (χ2n) is 10.7. The topological polar surface area (TPSA) is 17.1 Å². The number of hydrogen-bond acceptors (Lipinski definition) is 1. The normalized spacial score (nSPS) is 33.7. The van der Waals surface area contributed by atoms with Crippen molar-refractivity contribution in [2.24, 2.45) is 23.2 Å². The van der Waals surface area contributed by atoms with E-state index in [4.69, 9.17) is 0 Å². The van der Waals surface area contributed by atoms with Gasteiger partial charge in [0.1, 0.15) is 5.78 Å². The highest BCUT2D eigenvalue weighted by Gasteiger charge is 2.66. The highest BCUT2D eigenvalue weighted by molar-refractivity contribution is 6.83. The predicted octanol–water partition coefficient (Wildman–Crippen LogP) is 7.31. The van der Waals surface area contributed by atoms with Crippen LogP contribution in [0.4, 0.5) is 0 Å². The molecule has 1 aromatic carbocycles. The Labute approximate surface area is 168 Å². The minimum atomic E-state index is -1.51. The molecule has 0 N–H and O–H groups in total. The first kappa shape index (κ1) is 20.8. The van der Waals surface area contributed by atoms with Crippen LogP contribution in [0.2, 0.25) is 22.7 Å². The zero-order valence-electron chi connectivity index (χ0n) is 18.8. The summed E-state index contributed by atoms with van der Waals surface area (Å²) in [6.07, 6.45) is 1.14. The Balaban J connectivity index is 2.02. The van der Waals surface area contributed by atoms with Crippen molar-refractivity contribution in [3.05, 3.63) is 35.9 Å². The summed E-state index contributed by atoms with van der Waals surface area (Å²) in [6, 6.07) is 12.2. The van der Waals surface area contributed by atoms with Gasteiger partial charge in [-0.25, -0.2) is 0 Å². The SMILES string of the molecule is CC(C)[Si](C[C@@H]1C[C@H]2C(=O)[C@]1(C)[C@H](c1ccccc1)[C@H]2C)(C(C)C)C(C)C. The third kappa shape index (κ3) is 2.89. The molecule has 2 saturated carbocycles. The fourth-order valence-corrected chi connectivity index (χ4v) is 14.5. The number of rotatable bonds is 6. The monoisotopic (exact) mass is 384 g/mol. The summed E-state index contributed by atoms with van der Waals surface area (Å²) in [7, 11) is -1.51. The smallest absolute Gasteiger partial charge is 0.143 e. The number of carbonyl (C=O) groups is 1. The molecule has 2 fully saturated rings. The lowest BCUT2D eigenvalue weighted by atomic mass is 9.64. The molecule has 2 bridgehead atoms. The molecule has 0 unspecified atom stereocenters. The van der Waals surface area contributed by atoms with Gasteiger partial charge in [0.2, 0.25) is 0 Å². The van der Waals surface area contributed by atoms with E-state index < -0.39 is 8.07 Å². The first-order valence-corrected chi connectivity index (χ1v) is 13.6. The Morgan fingerprint density at radius 3 is 1.96 bits per heavy atom. The molecule has 2 aliphatic carbocycles. The Morgan fingerprint density at radius 2 is 1.52 bits per heavy atom. The third-order valence-corrected chi connectivity index (χ3v) is 16.7. The molecular formula is C25H40OSi.